The maximum absolute atomic E-state index is 12.1. The molecule has 1 fully saturated rings. The summed E-state index contributed by atoms with van der Waals surface area (Å²) in [5.74, 6) is -2.50. The van der Waals surface area contributed by atoms with Crippen LogP contribution >= 0.6 is 0 Å². The van der Waals surface area contributed by atoms with Gasteiger partial charge >= 0.3 is 5.97 Å². The molecule has 144 valence electrons. The van der Waals surface area contributed by atoms with Crippen LogP contribution in [0.25, 0.3) is 0 Å². The van der Waals surface area contributed by atoms with E-state index in [1.807, 2.05) is 13.8 Å². The van der Waals surface area contributed by atoms with Gasteiger partial charge in [0.1, 0.15) is 11.5 Å². The number of aliphatic carboxylic acids is 1. The van der Waals surface area contributed by atoms with Crippen LogP contribution in [0.2, 0.25) is 0 Å². The first-order chi connectivity index (χ1) is 12.2. The number of carbonyl (C=O) groups excluding carboxylic acids is 1. The van der Waals surface area contributed by atoms with Crippen molar-refractivity contribution in [2.24, 2.45) is 5.92 Å². The Labute approximate surface area is 153 Å². The Kier molecular flexibility index (Phi) is 6.47. The van der Waals surface area contributed by atoms with Crippen molar-refractivity contribution < 1.29 is 27.9 Å². The van der Waals surface area contributed by atoms with Crippen LogP contribution in [0.5, 0.6) is 5.75 Å². The molecule has 1 amide bonds. The van der Waals surface area contributed by atoms with E-state index in [0.717, 1.165) is 0 Å². The highest BCUT2D eigenvalue weighted by molar-refractivity contribution is 7.93. The van der Waals surface area contributed by atoms with E-state index in [4.69, 9.17) is 9.84 Å². The maximum Gasteiger partial charge on any atom is 0.308 e. The summed E-state index contributed by atoms with van der Waals surface area (Å²) in [4.78, 5) is 23.1. The van der Waals surface area contributed by atoms with Crippen LogP contribution in [0.1, 0.15) is 33.1 Å². The van der Waals surface area contributed by atoms with Crippen LogP contribution in [0, 0.1) is 5.92 Å². The quantitative estimate of drug-likeness (QED) is 0.626. The molecule has 26 heavy (non-hydrogen) atoms. The highest BCUT2D eigenvalue weighted by Gasteiger charge is 2.34. The first-order valence-electron chi connectivity index (χ1n) is 8.45. The molecule has 1 aromatic rings. The van der Waals surface area contributed by atoms with Crippen LogP contribution < -0.4 is 14.8 Å². The molecule has 2 rings (SSSR count). The van der Waals surface area contributed by atoms with Gasteiger partial charge in [-0.1, -0.05) is 6.42 Å². The summed E-state index contributed by atoms with van der Waals surface area (Å²) >= 11 is 0. The third kappa shape index (κ3) is 5.91. The fraction of sp³-hybridized carbons (Fsp3) is 0.529. The van der Waals surface area contributed by atoms with Crippen molar-refractivity contribution in [3.8, 4) is 5.75 Å². The normalized spacial score (nSPS) is 20.0. The Hall–Kier alpha value is -2.29. The van der Waals surface area contributed by atoms with Gasteiger partial charge in [-0.15, -0.1) is 0 Å². The Balaban J connectivity index is 1.91. The molecule has 3 N–H and O–H groups in total. The Morgan fingerprint density at radius 1 is 1.23 bits per heavy atom. The fourth-order valence-corrected chi connectivity index (χ4v) is 3.93. The topological polar surface area (TPSA) is 122 Å². The Morgan fingerprint density at radius 3 is 2.46 bits per heavy atom. The van der Waals surface area contributed by atoms with Crippen molar-refractivity contribution in [2.45, 2.75) is 45.3 Å². The largest absolute Gasteiger partial charge is 0.491 e. The number of hydrogen-bond acceptors (Lipinski definition) is 5. The summed E-state index contributed by atoms with van der Waals surface area (Å²) in [6.45, 7) is 3.77. The second kappa shape index (κ2) is 8.39. The van der Waals surface area contributed by atoms with Gasteiger partial charge in [0.25, 0.3) is 0 Å². The zero-order chi connectivity index (χ0) is 19.3. The molecule has 1 aliphatic carbocycles. The number of anilines is 1. The van der Waals surface area contributed by atoms with Crippen molar-refractivity contribution in [3.63, 3.8) is 0 Å². The van der Waals surface area contributed by atoms with Gasteiger partial charge in [-0.25, -0.2) is 8.42 Å². The summed E-state index contributed by atoms with van der Waals surface area (Å²) < 4.78 is 32.1. The highest BCUT2D eigenvalue weighted by atomic mass is 32.2. The van der Waals surface area contributed by atoms with E-state index in [9.17, 15) is 18.0 Å². The SMILES string of the molecule is CC(C)Oc1ccc(NS(=O)(=O)CC(=O)N[C@@H]2CCC[C@@H]2C(=O)O)cc1. The summed E-state index contributed by atoms with van der Waals surface area (Å²) in [6.07, 6.45) is 1.72. The average Bonchev–Trinajstić information content (AvgIpc) is 2.96. The number of carboxylic acids is 1. The van der Waals surface area contributed by atoms with Gasteiger partial charge in [0, 0.05) is 11.7 Å². The van der Waals surface area contributed by atoms with Gasteiger partial charge in [-0.05, 0) is 51.0 Å². The first kappa shape index (κ1) is 20.0. The predicted molar refractivity (Wildman–Crippen MR) is 96.5 cm³/mol. The third-order valence-electron chi connectivity index (χ3n) is 4.00. The lowest BCUT2D eigenvalue weighted by atomic mass is 10.0. The molecule has 0 spiro atoms. The molecule has 8 nitrogen and oxygen atoms in total. The minimum Gasteiger partial charge on any atom is -0.491 e. The second-order valence-corrected chi connectivity index (χ2v) is 8.32. The van der Waals surface area contributed by atoms with Gasteiger partial charge in [-0.3, -0.25) is 14.3 Å². The second-order valence-electron chi connectivity index (χ2n) is 6.60. The fourth-order valence-electron chi connectivity index (χ4n) is 2.94. The van der Waals surface area contributed by atoms with Gasteiger partial charge in [0.05, 0.1) is 12.0 Å². The number of amides is 1. The number of carbonyl (C=O) groups is 2. The number of rotatable bonds is 8. The number of carboxylic acid groups (broad SMARTS) is 1. The lowest BCUT2D eigenvalue weighted by Gasteiger charge is -2.17. The molecule has 2 atom stereocenters. The molecular weight excluding hydrogens is 360 g/mol. The molecule has 1 aromatic carbocycles. The van der Waals surface area contributed by atoms with Gasteiger partial charge in [0.15, 0.2) is 0 Å². The molecule has 0 aromatic heterocycles. The van der Waals surface area contributed by atoms with E-state index >= 15 is 0 Å². The lowest BCUT2D eigenvalue weighted by Crippen LogP contribution is -2.43. The summed E-state index contributed by atoms with van der Waals surface area (Å²) in [7, 11) is -3.90. The number of benzene rings is 1. The predicted octanol–water partition coefficient (Wildman–Crippen LogP) is 1.58. The van der Waals surface area contributed by atoms with Crippen molar-refractivity contribution in [1.82, 2.24) is 5.32 Å². The maximum atomic E-state index is 12.1. The van der Waals surface area contributed by atoms with E-state index < -0.39 is 39.6 Å². The summed E-state index contributed by atoms with van der Waals surface area (Å²) in [5.41, 5.74) is 0.318. The number of ether oxygens (including phenoxy) is 1. The molecule has 0 unspecified atom stereocenters. The van der Waals surface area contributed by atoms with E-state index in [2.05, 4.69) is 10.0 Å². The molecule has 0 radical (unpaired) electrons. The summed E-state index contributed by atoms with van der Waals surface area (Å²) in [6, 6.07) is 5.83. The van der Waals surface area contributed by atoms with Gasteiger partial charge in [0.2, 0.25) is 15.9 Å². The van der Waals surface area contributed by atoms with Crippen LogP contribution in [0.4, 0.5) is 5.69 Å². The van der Waals surface area contributed by atoms with Gasteiger partial charge < -0.3 is 15.2 Å². The van der Waals surface area contributed by atoms with Crippen LogP contribution in [0.15, 0.2) is 24.3 Å². The van der Waals surface area contributed by atoms with E-state index in [-0.39, 0.29) is 6.10 Å². The molecule has 9 heteroatoms. The molecule has 1 aliphatic rings. The van der Waals surface area contributed by atoms with Crippen LogP contribution in [-0.2, 0) is 19.6 Å². The molecule has 0 bridgehead atoms. The third-order valence-corrected chi connectivity index (χ3v) is 5.19. The number of nitrogens with one attached hydrogen (secondary N) is 2. The van der Waals surface area contributed by atoms with Crippen LogP contribution in [0.3, 0.4) is 0 Å². The monoisotopic (exact) mass is 384 g/mol. The van der Waals surface area contributed by atoms with E-state index in [0.29, 0.717) is 30.7 Å². The van der Waals surface area contributed by atoms with Crippen LogP contribution in [-0.4, -0.2) is 43.3 Å². The smallest absolute Gasteiger partial charge is 0.308 e. The number of hydrogen-bond donors (Lipinski definition) is 3. The minimum atomic E-state index is -3.90. The lowest BCUT2D eigenvalue weighted by molar-refractivity contribution is -0.142. The van der Waals surface area contributed by atoms with Crippen molar-refractivity contribution in [2.75, 3.05) is 10.5 Å². The zero-order valence-corrected chi connectivity index (χ0v) is 15.6. The highest BCUT2D eigenvalue weighted by Crippen LogP contribution is 2.25. The molecule has 0 heterocycles. The summed E-state index contributed by atoms with van der Waals surface area (Å²) in [5, 5.41) is 11.6. The first-order valence-corrected chi connectivity index (χ1v) is 10.1. The minimum absolute atomic E-state index is 0.00598. The molecular formula is C17H24N2O6S. The number of sulfonamides is 1. The average molecular weight is 384 g/mol. The van der Waals surface area contributed by atoms with E-state index in [1.54, 1.807) is 24.3 Å². The standard InChI is InChI=1S/C17H24N2O6S/c1-11(2)25-13-8-6-12(7-9-13)19-26(23,24)10-16(20)18-15-5-3-4-14(15)17(21)22/h6-9,11,14-15,19H,3-5,10H2,1-2H3,(H,18,20)(H,21,22)/t14-,15+/m0/s1. The van der Waals surface area contributed by atoms with E-state index in [1.165, 1.54) is 0 Å². The van der Waals surface area contributed by atoms with Crippen molar-refractivity contribution >= 4 is 27.6 Å². The van der Waals surface area contributed by atoms with Gasteiger partial charge in [-0.2, -0.15) is 0 Å². The molecule has 0 aliphatic heterocycles. The zero-order valence-electron chi connectivity index (χ0n) is 14.8. The van der Waals surface area contributed by atoms with Crippen molar-refractivity contribution in [1.29, 1.82) is 0 Å². The van der Waals surface area contributed by atoms with Crippen molar-refractivity contribution in [3.05, 3.63) is 24.3 Å². The molecule has 0 saturated heterocycles. The Morgan fingerprint density at radius 2 is 1.88 bits per heavy atom. The Bertz CT molecular complexity index is 745. The molecule has 1 saturated carbocycles.